The van der Waals surface area contributed by atoms with Crippen LogP contribution < -0.4 is 0 Å². The number of carbonyl (C=O) groups is 1. The van der Waals surface area contributed by atoms with Crippen LogP contribution in [0.1, 0.15) is 23.5 Å². The lowest BCUT2D eigenvalue weighted by molar-refractivity contribution is -0.129. The molecule has 2 heterocycles. The van der Waals surface area contributed by atoms with E-state index in [1.807, 2.05) is 35.2 Å². The molecule has 0 aliphatic carbocycles. The van der Waals surface area contributed by atoms with Gasteiger partial charge in [0.2, 0.25) is 5.91 Å². The molecule has 4 heteroatoms. The highest BCUT2D eigenvalue weighted by molar-refractivity contribution is 9.10. The summed E-state index contributed by atoms with van der Waals surface area (Å²) in [5.74, 6) is 0.642. The van der Waals surface area contributed by atoms with Gasteiger partial charge in [-0.1, -0.05) is 46.3 Å². The second-order valence-corrected chi connectivity index (χ2v) is 7.34. The molecule has 4 rings (SSSR count). The summed E-state index contributed by atoms with van der Waals surface area (Å²) in [7, 11) is 0. The molecule has 1 aliphatic heterocycles. The van der Waals surface area contributed by atoms with Crippen LogP contribution in [0.2, 0.25) is 0 Å². The second kappa shape index (κ2) is 6.44. The zero-order valence-electron chi connectivity index (χ0n) is 13.3. The number of rotatable bonds is 3. The number of amides is 1. The third kappa shape index (κ3) is 2.98. The molecule has 2 aromatic carbocycles. The number of nitrogens with one attached hydrogen (secondary N) is 1. The van der Waals surface area contributed by atoms with Crippen molar-refractivity contribution < 1.29 is 4.79 Å². The number of halogens is 1. The van der Waals surface area contributed by atoms with Crippen molar-refractivity contribution in [2.24, 2.45) is 0 Å². The first-order valence-electron chi connectivity index (χ1n) is 8.29. The van der Waals surface area contributed by atoms with Gasteiger partial charge in [-0.3, -0.25) is 4.79 Å². The molecule has 1 atom stereocenters. The fourth-order valence-electron chi connectivity index (χ4n) is 3.61. The monoisotopic (exact) mass is 382 g/mol. The van der Waals surface area contributed by atoms with Crippen molar-refractivity contribution in [1.29, 1.82) is 0 Å². The maximum atomic E-state index is 12.6. The molecule has 1 saturated heterocycles. The Morgan fingerprint density at radius 2 is 2.08 bits per heavy atom. The van der Waals surface area contributed by atoms with Crippen molar-refractivity contribution in [3.8, 4) is 0 Å². The van der Waals surface area contributed by atoms with Crippen LogP contribution in [0, 0.1) is 0 Å². The molecule has 3 aromatic rings. The van der Waals surface area contributed by atoms with E-state index in [0.717, 1.165) is 29.5 Å². The molecule has 0 bridgehead atoms. The van der Waals surface area contributed by atoms with Crippen molar-refractivity contribution in [1.82, 2.24) is 9.88 Å². The number of H-pyrrole nitrogens is 1. The maximum absolute atomic E-state index is 12.6. The van der Waals surface area contributed by atoms with Crippen LogP contribution in [-0.2, 0) is 11.2 Å². The van der Waals surface area contributed by atoms with Crippen molar-refractivity contribution in [2.75, 3.05) is 13.1 Å². The summed E-state index contributed by atoms with van der Waals surface area (Å²) < 4.78 is 1.02. The molecule has 0 radical (unpaired) electrons. The lowest BCUT2D eigenvalue weighted by atomic mass is 9.98. The van der Waals surface area contributed by atoms with Crippen molar-refractivity contribution in [3.05, 3.63) is 70.3 Å². The van der Waals surface area contributed by atoms with Crippen LogP contribution in [0.25, 0.3) is 10.9 Å². The molecule has 3 nitrogen and oxygen atoms in total. The van der Waals surface area contributed by atoms with Gasteiger partial charge in [-0.15, -0.1) is 0 Å². The van der Waals surface area contributed by atoms with Crippen LogP contribution in [0.3, 0.4) is 0 Å². The predicted octanol–water partition coefficient (Wildman–Crippen LogP) is 4.49. The topological polar surface area (TPSA) is 36.1 Å². The van der Waals surface area contributed by atoms with Crippen LogP contribution in [0.15, 0.2) is 59.2 Å². The van der Waals surface area contributed by atoms with E-state index in [-0.39, 0.29) is 5.91 Å². The number of likely N-dealkylation sites (tertiary alicyclic amines) is 1. The lowest BCUT2D eigenvalue weighted by Crippen LogP contribution is -2.29. The number of para-hydroxylation sites is 1. The number of aromatic amines is 1. The number of fused-ring (bicyclic) bond motifs is 1. The maximum Gasteiger partial charge on any atom is 0.227 e. The highest BCUT2D eigenvalue weighted by Crippen LogP contribution is 2.32. The smallest absolute Gasteiger partial charge is 0.227 e. The van der Waals surface area contributed by atoms with E-state index in [4.69, 9.17) is 0 Å². The predicted molar refractivity (Wildman–Crippen MR) is 100 cm³/mol. The van der Waals surface area contributed by atoms with Gasteiger partial charge in [-0.05, 0) is 35.7 Å². The minimum Gasteiger partial charge on any atom is -0.361 e. The molecule has 1 N–H and O–H groups in total. The average molecular weight is 383 g/mol. The summed E-state index contributed by atoms with van der Waals surface area (Å²) in [5, 5.41) is 1.28. The zero-order valence-corrected chi connectivity index (χ0v) is 14.9. The fraction of sp³-hybridized carbons (Fsp3) is 0.250. The van der Waals surface area contributed by atoms with Gasteiger partial charge in [0.25, 0.3) is 0 Å². The average Bonchev–Trinajstić information content (AvgIpc) is 3.21. The Kier molecular flexibility index (Phi) is 4.15. The Labute approximate surface area is 149 Å². The van der Waals surface area contributed by atoms with Gasteiger partial charge in [0.05, 0.1) is 6.42 Å². The van der Waals surface area contributed by atoms with Crippen LogP contribution in [-0.4, -0.2) is 28.9 Å². The van der Waals surface area contributed by atoms with Crippen molar-refractivity contribution in [3.63, 3.8) is 0 Å². The van der Waals surface area contributed by atoms with Crippen LogP contribution in [0.4, 0.5) is 0 Å². The Hall–Kier alpha value is -2.07. The number of hydrogen-bond acceptors (Lipinski definition) is 1. The van der Waals surface area contributed by atoms with Crippen molar-refractivity contribution in [2.45, 2.75) is 18.8 Å². The molecular weight excluding hydrogens is 364 g/mol. The standard InChI is InChI=1S/C20H19BrN2O/c21-16-5-3-4-14(10-16)11-20(24)23-9-8-15(13-23)18-12-22-19-7-2-1-6-17(18)19/h1-7,10,12,15,22H,8-9,11,13H2. The molecular formula is C20H19BrN2O. The first kappa shape index (κ1) is 15.5. The largest absolute Gasteiger partial charge is 0.361 e. The van der Waals surface area contributed by atoms with Gasteiger partial charge >= 0.3 is 0 Å². The quantitative estimate of drug-likeness (QED) is 0.711. The second-order valence-electron chi connectivity index (χ2n) is 6.42. The van der Waals surface area contributed by atoms with E-state index < -0.39 is 0 Å². The van der Waals surface area contributed by atoms with Gasteiger partial charge in [0.15, 0.2) is 0 Å². The number of hydrogen-bond donors (Lipinski definition) is 1. The third-order valence-electron chi connectivity index (χ3n) is 4.85. The molecule has 1 unspecified atom stereocenters. The fourth-order valence-corrected chi connectivity index (χ4v) is 4.05. The first-order chi connectivity index (χ1) is 11.7. The molecule has 0 spiro atoms. The van der Waals surface area contributed by atoms with Gasteiger partial charge in [0, 0.05) is 40.6 Å². The van der Waals surface area contributed by atoms with Crippen LogP contribution in [0.5, 0.6) is 0 Å². The molecule has 1 aliphatic rings. The molecule has 24 heavy (non-hydrogen) atoms. The molecule has 122 valence electrons. The first-order valence-corrected chi connectivity index (χ1v) is 9.08. The lowest BCUT2D eigenvalue weighted by Gasteiger charge is -2.16. The summed E-state index contributed by atoms with van der Waals surface area (Å²) in [6, 6.07) is 16.4. The Bertz CT molecular complexity index is 886. The Morgan fingerprint density at radius 3 is 2.96 bits per heavy atom. The van der Waals surface area contributed by atoms with Gasteiger partial charge in [-0.25, -0.2) is 0 Å². The van der Waals surface area contributed by atoms with E-state index in [2.05, 4.69) is 45.3 Å². The number of nitrogens with zero attached hydrogens (tertiary/aromatic N) is 1. The number of carbonyl (C=O) groups excluding carboxylic acids is 1. The number of aromatic nitrogens is 1. The van der Waals surface area contributed by atoms with E-state index in [0.29, 0.717) is 12.3 Å². The van der Waals surface area contributed by atoms with Crippen LogP contribution >= 0.6 is 15.9 Å². The summed E-state index contributed by atoms with van der Waals surface area (Å²) in [5.41, 5.74) is 3.57. The minimum atomic E-state index is 0.218. The number of benzene rings is 2. The summed E-state index contributed by atoms with van der Waals surface area (Å²) in [4.78, 5) is 18.0. The van der Waals surface area contributed by atoms with E-state index in [1.165, 1.54) is 16.5 Å². The summed E-state index contributed by atoms with van der Waals surface area (Å²) >= 11 is 3.47. The molecule has 0 saturated carbocycles. The Morgan fingerprint density at radius 1 is 1.21 bits per heavy atom. The van der Waals surface area contributed by atoms with Gasteiger partial charge < -0.3 is 9.88 Å². The Balaban J connectivity index is 1.47. The molecule has 1 fully saturated rings. The van der Waals surface area contributed by atoms with E-state index in [1.54, 1.807) is 0 Å². The third-order valence-corrected chi connectivity index (χ3v) is 5.34. The SMILES string of the molecule is O=C(Cc1cccc(Br)c1)N1CCC(c2c[nH]c3ccccc23)C1. The van der Waals surface area contributed by atoms with E-state index >= 15 is 0 Å². The van der Waals surface area contributed by atoms with Gasteiger partial charge in [-0.2, -0.15) is 0 Å². The highest BCUT2D eigenvalue weighted by atomic mass is 79.9. The normalized spacial score (nSPS) is 17.5. The minimum absolute atomic E-state index is 0.218. The zero-order chi connectivity index (χ0) is 16.5. The highest BCUT2D eigenvalue weighted by Gasteiger charge is 2.28. The van der Waals surface area contributed by atoms with E-state index in [9.17, 15) is 4.79 Å². The van der Waals surface area contributed by atoms with Gasteiger partial charge in [0.1, 0.15) is 0 Å². The molecule has 1 amide bonds. The summed E-state index contributed by atoms with van der Waals surface area (Å²) in [6.07, 6.45) is 3.61. The molecule has 1 aromatic heterocycles. The summed E-state index contributed by atoms with van der Waals surface area (Å²) in [6.45, 7) is 1.66. The van der Waals surface area contributed by atoms with Crippen molar-refractivity contribution >= 4 is 32.7 Å².